The quantitative estimate of drug-likeness (QED) is 0.423. The van der Waals surface area contributed by atoms with Gasteiger partial charge in [-0.1, -0.05) is 18.8 Å². The highest BCUT2D eigenvalue weighted by Crippen LogP contribution is 2.52. The largest absolute Gasteiger partial charge is 0.534 e. The van der Waals surface area contributed by atoms with Crippen molar-refractivity contribution >= 4 is 15.9 Å². The molecule has 168 valence electrons. The minimum Gasteiger partial charge on any atom is -0.376 e. The van der Waals surface area contributed by atoms with Crippen LogP contribution >= 0.6 is 0 Å². The van der Waals surface area contributed by atoms with Gasteiger partial charge in [0, 0.05) is 35.3 Å². The molecule has 1 aromatic carbocycles. The summed E-state index contributed by atoms with van der Waals surface area (Å²) in [6.45, 7) is 0. The number of Topliss-reactive ketones (excluding diaryl/α,β-unsaturated/α-hetero) is 1. The van der Waals surface area contributed by atoms with Crippen molar-refractivity contribution in [2.75, 3.05) is 0 Å². The number of benzene rings is 1. The fourth-order valence-corrected chi connectivity index (χ4v) is 5.41. The number of rotatable bonds is 3. The monoisotopic (exact) mass is 464 g/mol. The van der Waals surface area contributed by atoms with Crippen molar-refractivity contribution in [2.24, 2.45) is 5.92 Å². The van der Waals surface area contributed by atoms with Crippen molar-refractivity contribution in [3.8, 4) is 17.6 Å². The van der Waals surface area contributed by atoms with Crippen LogP contribution in [-0.4, -0.2) is 29.7 Å². The molecule has 0 spiro atoms. The van der Waals surface area contributed by atoms with E-state index in [1.165, 1.54) is 25.0 Å². The number of nitrogens with zero attached hydrogens (tertiary/aromatic N) is 1. The Morgan fingerprint density at radius 1 is 1.09 bits per heavy atom. The Morgan fingerprint density at radius 2 is 1.84 bits per heavy atom. The van der Waals surface area contributed by atoms with E-state index in [0.717, 1.165) is 18.7 Å². The Hall–Kier alpha value is -2.80. The van der Waals surface area contributed by atoms with Crippen LogP contribution in [-0.2, 0) is 21.3 Å². The van der Waals surface area contributed by atoms with E-state index in [1.54, 1.807) is 6.20 Å². The number of ketones is 1. The Bertz CT molecular complexity index is 1260. The van der Waals surface area contributed by atoms with E-state index in [2.05, 4.69) is 26.0 Å². The molecular formula is C22H19F3N2O4S. The number of halogens is 3. The molecule has 2 fully saturated rings. The van der Waals surface area contributed by atoms with Crippen molar-refractivity contribution in [3.63, 3.8) is 0 Å². The maximum atomic E-state index is 12.8. The molecule has 6 nitrogen and oxygen atoms in total. The zero-order valence-corrected chi connectivity index (χ0v) is 17.6. The van der Waals surface area contributed by atoms with Crippen molar-refractivity contribution in [1.82, 2.24) is 9.97 Å². The number of alkyl halides is 3. The van der Waals surface area contributed by atoms with Crippen molar-refractivity contribution in [1.29, 1.82) is 0 Å². The lowest BCUT2D eigenvalue weighted by atomic mass is 9.72. The zero-order valence-electron chi connectivity index (χ0n) is 16.8. The fourth-order valence-electron chi connectivity index (χ4n) is 4.93. The van der Waals surface area contributed by atoms with Crippen LogP contribution < -0.4 is 4.18 Å². The number of hydrogen-bond donors (Lipinski definition) is 1. The second-order valence-corrected chi connectivity index (χ2v) is 10.0. The van der Waals surface area contributed by atoms with Crippen LogP contribution in [0.4, 0.5) is 13.2 Å². The maximum absolute atomic E-state index is 12.8. The van der Waals surface area contributed by atoms with Gasteiger partial charge in [0.2, 0.25) is 0 Å². The highest BCUT2D eigenvalue weighted by Gasteiger charge is 2.51. The minimum absolute atomic E-state index is 0.00418. The predicted molar refractivity (Wildman–Crippen MR) is 107 cm³/mol. The summed E-state index contributed by atoms with van der Waals surface area (Å²) in [4.78, 5) is 19.6. The molecule has 3 aliphatic carbocycles. The summed E-state index contributed by atoms with van der Waals surface area (Å²) < 4.78 is 65.9. The molecule has 10 heteroatoms. The molecule has 0 saturated heterocycles. The molecule has 0 amide bonds. The van der Waals surface area contributed by atoms with E-state index in [-0.39, 0.29) is 30.5 Å². The average Bonchev–Trinajstić information content (AvgIpc) is 3.45. The van der Waals surface area contributed by atoms with Gasteiger partial charge < -0.3 is 9.17 Å². The lowest BCUT2D eigenvalue weighted by Crippen LogP contribution is -2.32. The highest BCUT2D eigenvalue weighted by atomic mass is 32.2. The second-order valence-electron chi connectivity index (χ2n) is 8.49. The first kappa shape index (κ1) is 21.1. The molecule has 0 aliphatic heterocycles. The number of carbonyl (C=O) groups is 1. The number of fused-ring (bicyclic) bond motifs is 3. The Labute approximate surface area is 182 Å². The number of hydrogen-bond acceptors (Lipinski definition) is 5. The molecule has 2 unspecified atom stereocenters. The molecule has 2 aromatic rings. The second kappa shape index (κ2) is 7.37. The van der Waals surface area contributed by atoms with E-state index in [1.807, 2.05) is 0 Å². The Balaban J connectivity index is 1.48. The number of nitrogens with one attached hydrogen (secondary N) is 1. The number of carbonyl (C=O) groups excluding carboxylic acids is 1. The van der Waals surface area contributed by atoms with Gasteiger partial charge in [0.1, 0.15) is 23.1 Å². The van der Waals surface area contributed by atoms with E-state index < -0.39 is 21.4 Å². The summed E-state index contributed by atoms with van der Waals surface area (Å²) in [6, 6.07) is 2.63. The average molecular weight is 464 g/mol. The minimum atomic E-state index is -5.81. The van der Waals surface area contributed by atoms with Crippen LogP contribution in [0.3, 0.4) is 0 Å². The van der Waals surface area contributed by atoms with Crippen molar-refractivity contribution in [2.45, 2.75) is 55.9 Å². The smallest absolute Gasteiger partial charge is 0.376 e. The lowest BCUT2D eigenvalue weighted by Gasteiger charge is -2.29. The molecular weight excluding hydrogens is 445 g/mol. The van der Waals surface area contributed by atoms with Crippen LogP contribution in [0.15, 0.2) is 18.3 Å². The van der Waals surface area contributed by atoms with Gasteiger partial charge in [0.15, 0.2) is 0 Å². The number of aromatic amines is 1. The normalized spacial score (nSPS) is 22.7. The van der Waals surface area contributed by atoms with Gasteiger partial charge in [0.05, 0.1) is 6.20 Å². The van der Waals surface area contributed by atoms with Gasteiger partial charge >= 0.3 is 15.6 Å². The summed E-state index contributed by atoms with van der Waals surface area (Å²) in [5.74, 6) is 6.40. The Morgan fingerprint density at radius 3 is 2.53 bits per heavy atom. The van der Waals surface area contributed by atoms with Gasteiger partial charge in [-0.3, -0.25) is 4.79 Å². The predicted octanol–water partition coefficient (Wildman–Crippen LogP) is 3.92. The van der Waals surface area contributed by atoms with Crippen LogP contribution in [0.1, 0.15) is 72.1 Å². The van der Waals surface area contributed by atoms with E-state index in [0.29, 0.717) is 28.3 Å². The van der Waals surface area contributed by atoms with Gasteiger partial charge in [-0.05, 0) is 42.9 Å². The topological polar surface area (TPSA) is 89.1 Å². The van der Waals surface area contributed by atoms with Crippen LogP contribution in [0, 0.1) is 17.8 Å². The van der Waals surface area contributed by atoms with E-state index in [4.69, 9.17) is 0 Å². The number of aromatic nitrogens is 2. The standard InChI is InChI=1S/C22H19F3N2O4S/c23-22(24,25)32(29,30)31-19-8-6-12(20-16-10-18(28)15(16)9-17(19)20)5-7-14-11-26-21(27-14)13-3-1-2-4-13/h6,8,11,13,15-16H,1-4,9-10H2,(H,26,27). The van der Waals surface area contributed by atoms with Crippen LogP contribution in [0.25, 0.3) is 0 Å². The van der Waals surface area contributed by atoms with E-state index >= 15 is 0 Å². The first-order valence-electron chi connectivity index (χ1n) is 10.4. The zero-order chi connectivity index (χ0) is 22.7. The van der Waals surface area contributed by atoms with Gasteiger partial charge in [-0.25, -0.2) is 4.98 Å². The third-order valence-corrected chi connectivity index (χ3v) is 7.55. The van der Waals surface area contributed by atoms with Gasteiger partial charge in [0.25, 0.3) is 0 Å². The van der Waals surface area contributed by atoms with Crippen molar-refractivity contribution in [3.05, 3.63) is 46.5 Å². The summed E-state index contributed by atoms with van der Waals surface area (Å²) in [5.41, 5.74) is -3.45. The molecule has 32 heavy (non-hydrogen) atoms. The summed E-state index contributed by atoms with van der Waals surface area (Å²) in [5, 5.41) is 0. The molecule has 0 radical (unpaired) electrons. The third-order valence-electron chi connectivity index (χ3n) is 6.58. The molecule has 2 saturated carbocycles. The summed E-state index contributed by atoms with van der Waals surface area (Å²) in [7, 11) is -5.81. The molecule has 3 aliphatic rings. The lowest BCUT2D eigenvalue weighted by molar-refractivity contribution is -0.130. The highest BCUT2D eigenvalue weighted by molar-refractivity contribution is 7.88. The Kier molecular flexibility index (Phi) is 4.85. The summed E-state index contributed by atoms with van der Waals surface area (Å²) in [6.07, 6.45) is 6.60. The van der Waals surface area contributed by atoms with Crippen LogP contribution in [0.5, 0.6) is 5.75 Å². The SMILES string of the molecule is O=C1CC2c3c(C#Cc4cnc(C5CCCC5)[nH]4)ccc(OS(=O)(=O)C(F)(F)F)c3CC12. The molecule has 1 heterocycles. The maximum Gasteiger partial charge on any atom is 0.534 e. The third kappa shape index (κ3) is 3.48. The molecule has 5 rings (SSSR count). The first-order valence-corrected chi connectivity index (χ1v) is 11.8. The molecule has 2 atom stereocenters. The van der Waals surface area contributed by atoms with Crippen molar-refractivity contribution < 1.29 is 30.6 Å². The van der Waals surface area contributed by atoms with Crippen LogP contribution in [0.2, 0.25) is 0 Å². The fraction of sp³-hybridized carbons (Fsp3) is 0.455. The van der Waals surface area contributed by atoms with E-state index in [9.17, 15) is 26.4 Å². The first-order chi connectivity index (χ1) is 15.1. The molecule has 1 aromatic heterocycles. The molecule has 1 N–H and O–H groups in total. The summed E-state index contributed by atoms with van der Waals surface area (Å²) >= 11 is 0. The molecule has 0 bridgehead atoms. The van der Waals surface area contributed by atoms with Gasteiger partial charge in [-0.15, -0.1) is 0 Å². The van der Waals surface area contributed by atoms with Gasteiger partial charge in [-0.2, -0.15) is 21.6 Å². The number of imidazole rings is 1. The number of H-pyrrole nitrogens is 1.